The molecule has 9 nitrogen and oxygen atoms in total. The zero-order chi connectivity index (χ0) is 34.6. The first kappa shape index (κ1) is 34.8. The SMILES string of the molecule is C=CCOc1cc(F)ccc1-c1cccc(-c2cc3nc(C)c(C(OC(C)(C)C)C(=O)OC)c(N4CCC(C)(OCC=C)CC4)n3n2)c1. The van der Waals surface area contributed by atoms with Crippen molar-refractivity contribution in [3.8, 4) is 28.1 Å². The molecule has 1 aliphatic rings. The van der Waals surface area contributed by atoms with Crippen LogP contribution in [0.2, 0.25) is 0 Å². The van der Waals surface area contributed by atoms with Gasteiger partial charge in [0.15, 0.2) is 11.8 Å². The van der Waals surface area contributed by atoms with E-state index in [1.807, 2.05) is 58.0 Å². The number of nitrogens with zero attached hydrogens (tertiary/aromatic N) is 4. The third-order valence-electron chi connectivity index (χ3n) is 8.39. The maximum absolute atomic E-state index is 14.1. The number of hydrogen-bond donors (Lipinski definition) is 0. The lowest BCUT2D eigenvalue weighted by Gasteiger charge is -2.41. The second-order valence-corrected chi connectivity index (χ2v) is 13.2. The van der Waals surface area contributed by atoms with Gasteiger partial charge >= 0.3 is 5.97 Å². The smallest absolute Gasteiger partial charge is 0.339 e. The number of hydrogen-bond acceptors (Lipinski definition) is 8. The van der Waals surface area contributed by atoms with Crippen LogP contribution in [0.1, 0.15) is 57.9 Å². The van der Waals surface area contributed by atoms with Gasteiger partial charge in [-0.05, 0) is 71.2 Å². The van der Waals surface area contributed by atoms with Crippen molar-refractivity contribution in [3.63, 3.8) is 0 Å². The maximum Gasteiger partial charge on any atom is 0.339 e. The summed E-state index contributed by atoms with van der Waals surface area (Å²) in [4.78, 5) is 20.5. The average molecular weight is 657 g/mol. The van der Waals surface area contributed by atoms with Gasteiger partial charge in [0.25, 0.3) is 0 Å². The van der Waals surface area contributed by atoms with Gasteiger partial charge in [-0.15, -0.1) is 6.58 Å². The van der Waals surface area contributed by atoms with Gasteiger partial charge in [-0.2, -0.15) is 9.61 Å². The predicted molar refractivity (Wildman–Crippen MR) is 186 cm³/mol. The van der Waals surface area contributed by atoms with E-state index in [0.29, 0.717) is 48.0 Å². The Labute approximate surface area is 282 Å². The van der Waals surface area contributed by atoms with E-state index in [4.69, 9.17) is 29.0 Å². The molecule has 48 heavy (non-hydrogen) atoms. The number of methoxy groups -OCH3 is 1. The quantitative estimate of drug-likeness (QED) is 0.113. The summed E-state index contributed by atoms with van der Waals surface area (Å²) >= 11 is 0. The van der Waals surface area contributed by atoms with Gasteiger partial charge in [0.1, 0.15) is 24.0 Å². The second kappa shape index (κ2) is 14.3. The van der Waals surface area contributed by atoms with Crippen molar-refractivity contribution in [2.45, 2.75) is 64.8 Å². The highest BCUT2D eigenvalue weighted by Crippen LogP contribution is 2.39. The van der Waals surface area contributed by atoms with Crippen LogP contribution in [0.4, 0.5) is 10.2 Å². The lowest BCUT2D eigenvalue weighted by molar-refractivity contribution is -0.164. The van der Waals surface area contributed by atoms with Crippen molar-refractivity contribution in [2.24, 2.45) is 0 Å². The molecular formula is C38H45FN4O5. The number of carbonyl (C=O) groups is 1. The maximum atomic E-state index is 14.1. The summed E-state index contributed by atoms with van der Waals surface area (Å²) in [6, 6.07) is 14.3. The number of fused-ring (bicyclic) bond motifs is 1. The zero-order valence-corrected chi connectivity index (χ0v) is 28.7. The number of anilines is 1. The zero-order valence-electron chi connectivity index (χ0n) is 28.7. The third-order valence-corrected chi connectivity index (χ3v) is 8.39. The minimum absolute atomic E-state index is 0.250. The van der Waals surface area contributed by atoms with Crippen LogP contribution < -0.4 is 9.64 Å². The number of aromatic nitrogens is 3. The van der Waals surface area contributed by atoms with E-state index in [1.54, 1.807) is 22.7 Å². The summed E-state index contributed by atoms with van der Waals surface area (Å²) in [6.45, 7) is 19.3. The van der Waals surface area contributed by atoms with Crippen molar-refractivity contribution in [1.29, 1.82) is 0 Å². The Bertz CT molecular complexity index is 1800. The van der Waals surface area contributed by atoms with Crippen LogP contribution in [0.15, 0.2) is 73.8 Å². The van der Waals surface area contributed by atoms with Crippen LogP contribution in [-0.2, 0) is 19.0 Å². The highest BCUT2D eigenvalue weighted by molar-refractivity contribution is 5.81. The molecule has 3 heterocycles. The molecule has 4 aromatic rings. The van der Waals surface area contributed by atoms with E-state index in [9.17, 15) is 9.18 Å². The average Bonchev–Trinajstić information content (AvgIpc) is 3.48. The van der Waals surface area contributed by atoms with E-state index in [1.165, 1.54) is 19.2 Å². The molecule has 0 radical (unpaired) electrons. The number of benzene rings is 2. The van der Waals surface area contributed by atoms with E-state index >= 15 is 0 Å². The van der Waals surface area contributed by atoms with E-state index in [0.717, 1.165) is 35.3 Å². The van der Waals surface area contributed by atoms with Crippen LogP contribution in [0.25, 0.3) is 28.0 Å². The highest BCUT2D eigenvalue weighted by atomic mass is 19.1. The molecule has 1 atom stereocenters. The largest absolute Gasteiger partial charge is 0.489 e. The molecule has 0 amide bonds. The molecule has 1 saturated heterocycles. The number of aryl methyl sites for hydroxylation is 1. The van der Waals surface area contributed by atoms with Crippen molar-refractivity contribution in [2.75, 3.05) is 38.3 Å². The van der Waals surface area contributed by atoms with Gasteiger partial charge in [0.05, 0.1) is 36.2 Å². The molecule has 10 heteroatoms. The minimum atomic E-state index is -1.03. The van der Waals surface area contributed by atoms with Crippen LogP contribution in [0, 0.1) is 12.7 Å². The van der Waals surface area contributed by atoms with Crippen LogP contribution in [0.5, 0.6) is 5.75 Å². The molecule has 0 bridgehead atoms. The summed E-state index contributed by atoms with van der Waals surface area (Å²) in [5.41, 5.74) is 4.02. The Balaban J connectivity index is 1.65. The topological polar surface area (TPSA) is 87.4 Å². The predicted octanol–water partition coefficient (Wildman–Crippen LogP) is 7.67. The number of ether oxygens (including phenoxy) is 4. The van der Waals surface area contributed by atoms with Crippen molar-refractivity contribution in [3.05, 3.63) is 90.9 Å². The first-order valence-electron chi connectivity index (χ1n) is 16.2. The molecule has 0 aliphatic carbocycles. The Morgan fingerprint density at radius 3 is 2.44 bits per heavy atom. The van der Waals surface area contributed by atoms with Gasteiger partial charge < -0.3 is 23.8 Å². The molecule has 5 rings (SSSR count). The van der Waals surface area contributed by atoms with E-state index in [-0.39, 0.29) is 18.0 Å². The molecule has 1 unspecified atom stereocenters. The lowest BCUT2D eigenvalue weighted by Crippen LogP contribution is -2.45. The van der Waals surface area contributed by atoms with E-state index in [2.05, 4.69) is 25.0 Å². The van der Waals surface area contributed by atoms with Gasteiger partial charge in [0, 0.05) is 42.0 Å². The Kier molecular flexibility index (Phi) is 10.4. The van der Waals surface area contributed by atoms with Gasteiger partial charge in [-0.25, -0.2) is 14.2 Å². The molecule has 0 N–H and O–H groups in total. The van der Waals surface area contributed by atoms with Crippen molar-refractivity contribution >= 4 is 17.4 Å². The molecule has 1 fully saturated rings. The number of rotatable bonds is 12. The summed E-state index contributed by atoms with van der Waals surface area (Å²) in [7, 11) is 1.36. The molecule has 1 aliphatic heterocycles. The summed E-state index contributed by atoms with van der Waals surface area (Å²) in [6.07, 6.45) is 3.88. The molecule has 0 spiro atoms. The monoisotopic (exact) mass is 656 g/mol. The first-order valence-corrected chi connectivity index (χ1v) is 16.2. The molecule has 2 aromatic carbocycles. The molecular weight excluding hydrogens is 611 g/mol. The molecule has 2 aromatic heterocycles. The molecule has 254 valence electrons. The lowest BCUT2D eigenvalue weighted by atomic mass is 9.92. The second-order valence-electron chi connectivity index (χ2n) is 13.2. The van der Waals surface area contributed by atoms with Crippen LogP contribution in [-0.4, -0.2) is 65.2 Å². The standard InChI is InChI=1S/C38H45FN4O5/c1-9-20-46-31-23-28(39)14-15-29(31)26-12-11-13-27(22-26)30-24-32-40-25(3)33(34(36(44)45-8)48-37(4,5)6)35(43(32)41-30)42-18-16-38(7,17-19-42)47-21-10-2/h9-15,22-24,34H,1-2,16-21H2,3-8H3. The van der Waals surface area contributed by atoms with Crippen molar-refractivity contribution < 1.29 is 28.1 Å². The molecule has 0 saturated carbocycles. The minimum Gasteiger partial charge on any atom is -0.489 e. The number of halogens is 1. The third kappa shape index (κ3) is 7.61. The Morgan fingerprint density at radius 2 is 1.77 bits per heavy atom. The summed E-state index contributed by atoms with van der Waals surface area (Å²) in [5, 5.41) is 5.09. The van der Waals surface area contributed by atoms with Gasteiger partial charge in [-0.1, -0.05) is 36.9 Å². The summed E-state index contributed by atoms with van der Waals surface area (Å²) in [5.74, 6) is 0.252. The fraction of sp³-hybridized carbons (Fsp3) is 0.395. The highest BCUT2D eigenvalue weighted by Gasteiger charge is 2.38. The normalized spacial score (nSPS) is 15.3. The van der Waals surface area contributed by atoms with Gasteiger partial charge in [-0.3, -0.25) is 0 Å². The number of piperidine rings is 1. The van der Waals surface area contributed by atoms with Gasteiger partial charge in [0.2, 0.25) is 0 Å². The van der Waals surface area contributed by atoms with E-state index < -0.39 is 17.7 Å². The Morgan fingerprint density at radius 1 is 1.06 bits per heavy atom. The number of carbonyl (C=O) groups excluding carboxylic acids is 1. The fourth-order valence-electron chi connectivity index (χ4n) is 6.00. The fourth-order valence-corrected chi connectivity index (χ4v) is 6.00. The number of esters is 1. The van der Waals surface area contributed by atoms with Crippen LogP contribution in [0.3, 0.4) is 0 Å². The Hall–Kier alpha value is -4.54. The summed E-state index contributed by atoms with van der Waals surface area (Å²) < 4.78 is 39.5. The van der Waals surface area contributed by atoms with Crippen LogP contribution >= 0.6 is 0 Å². The first-order chi connectivity index (χ1) is 22.9. The van der Waals surface area contributed by atoms with Crippen molar-refractivity contribution in [1.82, 2.24) is 14.6 Å².